The van der Waals surface area contributed by atoms with Crippen LogP contribution in [0.25, 0.3) is 0 Å². The number of rotatable bonds is 4. The summed E-state index contributed by atoms with van der Waals surface area (Å²) in [5.41, 5.74) is 10.1. The van der Waals surface area contributed by atoms with Crippen molar-refractivity contribution in [3.8, 4) is 0 Å². The molecule has 0 bridgehead atoms. The lowest BCUT2D eigenvalue weighted by Crippen LogP contribution is -2.39. The molecule has 0 radical (unpaired) electrons. The van der Waals surface area contributed by atoms with Gasteiger partial charge in [0.25, 0.3) is 0 Å². The maximum atomic E-state index is 14.1. The van der Waals surface area contributed by atoms with Crippen LogP contribution in [0, 0.1) is 19.7 Å². The molecule has 2 aromatic carbocycles. The van der Waals surface area contributed by atoms with Crippen molar-refractivity contribution in [2.45, 2.75) is 39.2 Å². The second kappa shape index (κ2) is 5.76. The number of nitrogens with two attached hydrogens (primary N) is 1. The molecule has 0 aliphatic carbocycles. The Labute approximate surface area is 120 Å². The Balaban J connectivity index is 2.45. The fourth-order valence-electron chi connectivity index (χ4n) is 2.72. The van der Waals surface area contributed by atoms with Crippen LogP contribution in [0.3, 0.4) is 0 Å². The van der Waals surface area contributed by atoms with Crippen molar-refractivity contribution in [2.75, 3.05) is 0 Å². The van der Waals surface area contributed by atoms with Gasteiger partial charge in [0.05, 0.1) is 0 Å². The molecule has 0 saturated heterocycles. The highest BCUT2D eigenvalue weighted by atomic mass is 19.1. The molecule has 0 saturated carbocycles. The third-order valence-electron chi connectivity index (χ3n) is 4.18. The van der Waals surface area contributed by atoms with E-state index >= 15 is 0 Å². The number of hydrogen-bond acceptors (Lipinski definition) is 1. The highest BCUT2D eigenvalue weighted by molar-refractivity contribution is 5.37. The molecule has 0 spiro atoms. The van der Waals surface area contributed by atoms with E-state index in [9.17, 15) is 4.39 Å². The molecule has 2 aromatic rings. The number of benzene rings is 2. The van der Waals surface area contributed by atoms with Crippen LogP contribution in [0.4, 0.5) is 4.39 Å². The van der Waals surface area contributed by atoms with E-state index < -0.39 is 5.54 Å². The lowest BCUT2D eigenvalue weighted by molar-refractivity contribution is 0.401. The van der Waals surface area contributed by atoms with Crippen LogP contribution in [0.2, 0.25) is 0 Å². The summed E-state index contributed by atoms with van der Waals surface area (Å²) in [6, 6.07) is 13.0. The summed E-state index contributed by atoms with van der Waals surface area (Å²) in [5.74, 6) is -0.219. The maximum Gasteiger partial charge on any atom is 0.128 e. The van der Waals surface area contributed by atoms with E-state index in [0.29, 0.717) is 18.4 Å². The third kappa shape index (κ3) is 2.75. The van der Waals surface area contributed by atoms with Gasteiger partial charge in [-0.15, -0.1) is 0 Å². The van der Waals surface area contributed by atoms with Gasteiger partial charge in [-0.3, -0.25) is 0 Å². The summed E-state index contributed by atoms with van der Waals surface area (Å²) in [4.78, 5) is 0. The summed E-state index contributed by atoms with van der Waals surface area (Å²) in [7, 11) is 0. The summed E-state index contributed by atoms with van der Waals surface area (Å²) in [6.45, 7) is 6.18. The molecule has 0 aliphatic rings. The van der Waals surface area contributed by atoms with E-state index in [1.807, 2.05) is 19.1 Å². The molecule has 2 N–H and O–H groups in total. The van der Waals surface area contributed by atoms with E-state index in [1.54, 1.807) is 12.1 Å². The topological polar surface area (TPSA) is 26.0 Å². The van der Waals surface area contributed by atoms with Crippen LogP contribution in [0.5, 0.6) is 0 Å². The van der Waals surface area contributed by atoms with Crippen LogP contribution in [0.1, 0.15) is 35.6 Å². The first-order valence-electron chi connectivity index (χ1n) is 7.07. The normalized spacial score (nSPS) is 14.1. The predicted octanol–water partition coefficient (Wildman–Crippen LogP) is 4.25. The molecule has 1 nitrogen and oxygen atoms in total. The van der Waals surface area contributed by atoms with E-state index in [0.717, 1.165) is 0 Å². The van der Waals surface area contributed by atoms with Gasteiger partial charge in [-0.1, -0.05) is 43.3 Å². The molecule has 2 rings (SSSR count). The number of halogens is 1. The fourth-order valence-corrected chi connectivity index (χ4v) is 2.72. The Morgan fingerprint density at radius 3 is 2.15 bits per heavy atom. The van der Waals surface area contributed by atoms with Gasteiger partial charge < -0.3 is 5.73 Å². The Morgan fingerprint density at radius 2 is 1.60 bits per heavy atom. The quantitative estimate of drug-likeness (QED) is 0.884. The minimum atomic E-state index is -0.664. The van der Waals surface area contributed by atoms with Crippen molar-refractivity contribution in [1.29, 1.82) is 0 Å². The van der Waals surface area contributed by atoms with Gasteiger partial charge in [0.15, 0.2) is 0 Å². The zero-order chi connectivity index (χ0) is 14.8. The van der Waals surface area contributed by atoms with Crippen LogP contribution in [-0.4, -0.2) is 0 Å². The Kier molecular flexibility index (Phi) is 4.24. The second-order valence-electron chi connectivity index (χ2n) is 5.54. The molecule has 0 fully saturated rings. The molecule has 106 valence electrons. The first kappa shape index (κ1) is 14.7. The van der Waals surface area contributed by atoms with Crippen LogP contribution in [0.15, 0.2) is 42.5 Å². The third-order valence-corrected chi connectivity index (χ3v) is 4.18. The van der Waals surface area contributed by atoms with Crippen LogP contribution < -0.4 is 5.73 Å². The summed E-state index contributed by atoms with van der Waals surface area (Å²) < 4.78 is 14.1. The van der Waals surface area contributed by atoms with Crippen molar-refractivity contribution >= 4 is 0 Å². The zero-order valence-electron chi connectivity index (χ0n) is 12.4. The number of aryl methyl sites for hydroxylation is 2. The average molecular weight is 271 g/mol. The molecule has 20 heavy (non-hydrogen) atoms. The van der Waals surface area contributed by atoms with Crippen molar-refractivity contribution in [3.63, 3.8) is 0 Å². The van der Waals surface area contributed by atoms with Gasteiger partial charge in [0.1, 0.15) is 5.82 Å². The van der Waals surface area contributed by atoms with E-state index in [2.05, 4.69) is 26.0 Å². The minimum absolute atomic E-state index is 0.219. The van der Waals surface area contributed by atoms with Crippen molar-refractivity contribution in [2.24, 2.45) is 5.73 Å². The zero-order valence-corrected chi connectivity index (χ0v) is 12.4. The molecule has 2 heteroatoms. The lowest BCUT2D eigenvalue weighted by atomic mass is 9.80. The van der Waals surface area contributed by atoms with Crippen LogP contribution in [-0.2, 0) is 12.0 Å². The van der Waals surface area contributed by atoms with Gasteiger partial charge >= 0.3 is 0 Å². The van der Waals surface area contributed by atoms with Gasteiger partial charge in [-0.25, -0.2) is 4.39 Å². The van der Waals surface area contributed by atoms with Crippen molar-refractivity contribution in [1.82, 2.24) is 0 Å². The van der Waals surface area contributed by atoms with Crippen LogP contribution >= 0.6 is 0 Å². The first-order chi connectivity index (χ1) is 9.48. The monoisotopic (exact) mass is 271 g/mol. The SMILES string of the molecule is CCC(N)(Cc1c(C)cccc1C)c1ccccc1F. The Morgan fingerprint density at radius 1 is 1.00 bits per heavy atom. The molecular weight excluding hydrogens is 249 g/mol. The predicted molar refractivity (Wildman–Crippen MR) is 82.2 cm³/mol. The highest BCUT2D eigenvalue weighted by Gasteiger charge is 2.29. The minimum Gasteiger partial charge on any atom is -0.321 e. The molecule has 0 heterocycles. The summed E-state index contributed by atoms with van der Waals surface area (Å²) in [5, 5.41) is 0. The summed E-state index contributed by atoms with van der Waals surface area (Å²) in [6.07, 6.45) is 1.35. The van der Waals surface area contributed by atoms with Gasteiger partial charge in [-0.2, -0.15) is 0 Å². The van der Waals surface area contributed by atoms with Crippen molar-refractivity contribution < 1.29 is 4.39 Å². The molecule has 1 unspecified atom stereocenters. The van der Waals surface area contributed by atoms with Gasteiger partial charge in [0, 0.05) is 11.1 Å². The van der Waals surface area contributed by atoms with E-state index in [-0.39, 0.29) is 5.82 Å². The lowest BCUT2D eigenvalue weighted by Gasteiger charge is -2.30. The van der Waals surface area contributed by atoms with Gasteiger partial charge in [-0.05, 0) is 49.4 Å². The molecule has 0 aromatic heterocycles. The largest absolute Gasteiger partial charge is 0.321 e. The average Bonchev–Trinajstić information content (AvgIpc) is 2.43. The number of hydrogen-bond donors (Lipinski definition) is 1. The van der Waals surface area contributed by atoms with Gasteiger partial charge in [0.2, 0.25) is 0 Å². The van der Waals surface area contributed by atoms with Crippen molar-refractivity contribution in [3.05, 3.63) is 70.5 Å². The smallest absolute Gasteiger partial charge is 0.128 e. The Bertz CT molecular complexity index is 586. The molecule has 0 aliphatic heterocycles. The second-order valence-corrected chi connectivity index (χ2v) is 5.54. The standard InChI is InChI=1S/C18H22FN/c1-4-18(20,16-10-5-6-11-17(16)19)12-15-13(2)8-7-9-14(15)3/h5-11H,4,12,20H2,1-3H3. The Hall–Kier alpha value is -1.67. The van der Waals surface area contributed by atoms with E-state index in [4.69, 9.17) is 5.73 Å². The fraction of sp³-hybridized carbons (Fsp3) is 0.333. The molecular formula is C18H22FN. The first-order valence-corrected chi connectivity index (χ1v) is 7.07. The molecule has 0 amide bonds. The molecule has 1 atom stereocenters. The maximum absolute atomic E-state index is 14.1. The van der Waals surface area contributed by atoms with E-state index in [1.165, 1.54) is 22.8 Å². The summed E-state index contributed by atoms with van der Waals surface area (Å²) >= 11 is 0. The highest BCUT2D eigenvalue weighted by Crippen LogP contribution is 2.30.